The molecule has 0 bridgehead atoms. The maximum absolute atomic E-state index is 13.5. The number of benzene rings is 1. The van der Waals surface area contributed by atoms with Crippen LogP contribution < -0.4 is 4.74 Å². The lowest BCUT2D eigenvalue weighted by atomic mass is 10.0. The molecule has 0 saturated carbocycles. The zero-order valence-electron chi connectivity index (χ0n) is 9.82. The molecule has 0 amide bonds. The first-order valence-electron chi connectivity index (χ1n) is 5.38. The predicted octanol–water partition coefficient (Wildman–Crippen LogP) is 2.26. The third kappa shape index (κ3) is 3.66. The molecule has 4 nitrogen and oxygen atoms in total. The molecule has 0 aliphatic carbocycles. The van der Waals surface area contributed by atoms with Crippen molar-refractivity contribution in [3.05, 3.63) is 29.3 Å². The van der Waals surface area contributed by atoms with Crippen molar-refractivity contribution in [3.8, 4) is 5.75 Å². The van der Waals surface area contributed by atoms with Gasteiger partial charge in [0, 0.05) is 18.6 Å². The second-order valence-corrected chi connectivity index (χ2v) is 3.81. The molecule has 0 saturated heterocycles. The monoisotopic (exact) mass is 260 g/mol. The summed E-state index contributed by atoms with van der Waals surface area (Å²) in [7, 11) is 1.27. The average Bonchev–Trinajstić information content (AvgIpc) is 2.27. The van der Waals surface area contributed by atoms with Gasteiger partial charge in [0.1, 0.15) is 17.4 Å². The second-order valence-electron chi connectivity index (χ2n) is 3.81. The fourth-order valence-electron chi connectivity index (χ4n) is 1.59. The number of hydrogen-bond acceptors (Lipinski definition) is 3. The van der Waals surface area contributed by atoms with Crippen molar-refractivity contribution in [1.82, 2.24) is 0 Å². The van der Waals surface area contributed by atoms with Gasteiger partial charge in [-0.05, 0) is 12.8 Å². The summed E-state index contributed by atoms with van der Waals surface area (Å²) in [5, 5.41) is 18.1. The van der Waals surface area contributed by atoms with Crippen molar-refractivity contribution in [2.24, 2.45) is 0 Å². The van der Waals surface area contributed by atoms with Gasteiger partial charge in [0.15, 0.2) is 0 Å². The fourth-order valence-corrected chi connectivity index (χ4v) is 1.59. The van der Waals surface area contributed by atoms with Gasteiger partial charge in [-0.1, -0.05) is 0 Å². The summed E-state index contributed by atoms with van der Waals surface area (Å²) in [4.78, 5) is 10.3. The van der Waals surface area contributed by atoms with Gasteiger partial charge in [-0.25, -0.2) is 8.78 Å². The van der Waals surface area contributed by atoms with Crippen molar-refractivity contribution in [1.29, 1.82) is 0 Å². The lowest BCUT2D eigenvalue weighted by Crippen LogP contribution is -2.06. The van der Waals surface area contributed by atoms with Crippen LogP contribution in [0.3, 0.4) is 0 Å². The molecule has 1 aromatic rings. The van der Waals surface area contributed by atoms with Gasteiger partial charge >= 0.3 is 5.97 Å². The van der Waals surface area contributed by atoms with Gasteiger partial charge in [0.05, 0.1) is 18.8 Å². The van der Waals surface area contributed by atoms with Crippen LogP contribution in [-0.4, -0.2) is 23.3 Å². The van der Waals surface area contributed by atoms with Crippen LogP contribution >= 0.6 is 0 Å². The summed E-state index contributed by atoms with van der Waals surface area (Å²) in [6.07, 6.45) is -1.40. The van der Waals surface area contributed by atoms with Crippen LogP contribution in [0.4, 0.5) is 8.78 Å². The van der Waals surface area contributed by atoms with Gasteiger partial charge in [-0.3, -0.25) is 4.79 Å². The number of methoxy groups -OCH3 is 1. The van der Waals surface area contributed by atoms with E-state index in [4.69, 9.17) is 5.11 Å². The molecule has 1 aromatic carbocycles. The summed E-state index contributed by atoms with van der Waals surface area (Å²) >= 11 is 0. The number of ether oxygens (including phenoxy) is 1. The third-order valence-electron chi connectivity index (χ3n) is 2.49. The molecule has 0 spiro atoms. The molecule has 1 unspecified atom stereocenters. The number of carboxylic acids is 1. The number of halogens is 2. The molecule has 0 radical (unpaired) electrons. The standard InChI is InChI=1S/C12H14F2O4/c1-18-7-5-8(13)12(9(14)6-7)10(15)3-2-4-11(16)17/h5-6,10,15H,2-4H2,1H3,(H,16,17). The smallest absolute Gasteiger partial charge is 0.303 e. The Hall–Kier alpha value is -1.69. The zero-order valence-corrected chi connectivity index (χ0v) is 9.82. The highest BCUT2D eigenvalue weighted by molar-refractivity contribution is 5.66. The van der Waals surface area contributed by atoms with Crippen LogP contribution in [0.15, 0.2) is 12.1 Å². The van der Waals surface area contributed by atoms with E-state index in [1.165, 1.54) is 7.11 Å². The van der Waals surface area contributed by atoms with Crippen LogP contribution in [0.5, 0.6) is 5.75 Å². The van der Waals surface area contributed by atoms with Crippen LogP contribution in [0, 0.1) is 11.6 Å². The zero-order chi connectivity index (χ0) is 13.7. The minimum atomic E-state index is -1.37. The number of aliphatic hydroxyl groups excluding tert-OH is 1. The average molecular weight is 260 g/mol. The largest absolute Gasteiger partial charge is 0.497 e. The number of aliphatic carboxylic acids is 1. The minimum absolute atomic E-state index is 0.0199. The van der Waals surface area contributed by atoms with Crippen molar-refractivity contribution in [2.75, 3.05) is 7.11 Å². The van der Waals surface area contributed by atoms with E-state index in [9.17, 15) is 18.7 Å². The molecular formula is C12H14F2O4. The predicted molar refractivity (Wildman–Crippen MR) is 59.4 cm³/mol. The summed E-state index contributed by atoms with van der Waals surface area (Å²) in [6.45, 7) is 0. The van der Waals surface area contributed by atoms with Crippen molar-refractivity contribution < 1.29 is 28.5 Å². The number of hydrogen-bond donors (Lipinski definition) is 2. The summed E-state index contributed by atoms with van der Waals surface area (Å²) in [5.41, 5.74) is -0.457. The Bertz CT molecular complexity index is 411. The molecule has 1 rings (SSSR count). The lowest BCUT2D eigenvalue weighted by Gasteiger charge is -2.13. The molecule has 2 N–H and O–H groups in total. The molecular weight excluding hydrogens is 246 g/mol. The molecule has 0 heterocycles. The van der Waals surface area contributed by atoms with E-state index in [-0.39, 0.29) is 25.0 Å². The topological polar surface area (TPSA) is 66.8 Å². The molecule has 0 aromatic heterocycles. The first-order chi connectivity index (χ1) is 8.45. The van der Waals surface area contributed by atoms with Crippen LogP contribution in [0.1, 0.15) is 30.9 Å². The van der Waals surface area contributed by atoms with Crippen LogP contribution in [0.25, 0.3) is 0 Å². The van der Waals surface area contributed by atoms with E-state index in [1.807, 2.05) is 0 Å². The summed E-state index contributed by atoms with van der Waals surface area (Å²) in [5.74, 6) is -2.81. The van der Waals surface area contributed by atoms with Gasteiger partial charge in [-0.2, -0.15) is 0 Å². The Balaban J connectivity index is 2.79. The number of carbonyl (C=O) groups is 1. The molecule has 0 aliphatic rings. The minimum Gasteiger partial charge on any atom is -0.497 e. The summed E-state index contributed by atoms with van der Waals surface area (Å²) in [6, 6.07) is 1.94. The SMILES string of the molecule is COc1cc(F)c(C(O)CCCC(=O)O)c(F)c1. The molecule has 0 aliphatic heterocycles. The normalized spacial score (nSPS) is 12.2. The molecule has 0 fully saturated rings. The third-order valence-corrected chi connectivity index (χ3v) is 2.49. The molecule has 1 atom stereocenters. The Morgan fingerprint density at radius 2 is 1.94 bits per heavy atom. The van der Waals surface area contributed by atoms with E-state index >= 15 is 0 Å². The van der Waals surface area contributed by atoms with E-state index in [1.54, 1.807) is 0 Å². The van der Waals surface area contributed by atoms with E-state index in [2.05, 4.69) is 4.74 Å². The fraction of sp³-hybridized carbons (Fsp3) is 0.417. The van der Waals surface area contributed by atoms with Crippen molar-refractivity contribution in [2.45, 2.75) is 25.4 Å². The first-order valence-corrected chi connectivity index (χ1v) is 5.38. The molecule has 100 valence electrons. The highest BCUT2D eigenvalue weighted by Crippen LogP contribution is 2.28. The van der Waals surface area contributed by atoms with Gasteiger partial charge in [0.25, 0.3) is 0 Å². The lowest BCUT2D eigenvalue weighted by molar-refractivity contribution is -0.137. The maximum Gasteiger partial charge on any atom is 0.303 e. The Labute approximate surface area is 103 Å². The highest BCUT2D eigenvalue weighted by Gasteiger charge is 2.19. The summed E-state index contributed by atoms with van der Waals surface area (Å²) < 4.78 is 31.8. The first kappa shape index (κ1) is 14.4. The highest BCUT2D eigenvalue weighted by atomic mass is 19.1. The van der Waals surface area contributed by atoms with Gasteiger partial charge < -0.3 is 14.9 Å². The van der Waals surface area contributed by atoms with E-state index in [0.29, 0.717) is 0 Å². The number of carboxylic acid groups (broad SMARTS) is 1. The van der Waals surface area contributed by atoms with E-state index in [0.717, 1.165) is 12.1 Å². The second kappa shape index (κ2) is 6.30. The van der Waals surface area contributed by atoms with Crippen molar-refractivity contribution >= 4 is 5.97 Å². The Kier molecular flexibility index (Phi) is 5.03. The van der Waals surface area contributed by atoms with Crippen molar-refractivity contribution in [3.63, 3.8) is 0 Å². The maximum atomic E-state index is 13.5. The van der Waals surface area contributed by atoms with Crippen LogP contribution in [-0.2, 0) is 4.79 Å². The Morgan fingerprint density at radius 3 is 2.39 bits per heavy atom. The van der Waals surface area contributed by atoms with Gasteiger partial charge in [0.2, 0.25) is 0 Å². The van der Waals surface area contributed by atoms with Gasteiger partial charge in [-0.15, -0.1) is 0 Å². The van der Waals surface area contributed by atoms with Crippen LogP contribution in [0.2, 0.25) is 0 Å². The number of aliphatic hydroxyl groups is 1. The molecule has 18 heavy (non-hydrogen) atoms. The Morgan fingerprint density at radius 1 is 1.39 bits per heavy atom. The quantitative estimate of drug-likeness (QED) is 0.823. The molecule has 6 heteroatoms. The van der Waals surface area contributed by atoms with E-state index < -0.39 is 29.3 Å². The number of rotatable bonds is 6.